The van der Waals surface area contributed by atoms with Crippen LogP contribution in [0, 0.1) is 13.8 Å². The van der Waals surface area contributed by atoms with Crippen LogP contribution in [-0.2, 0) is 6.42 Å². The van der Waals surface area contributed by atoms with E-state index in [-0.39, 0.29) is 5.91 Å². The first-order valence-electron chi connectivity index (χ1n) is 8.70. The van der Waals surface area contributed by atoms with Crippen LogP contribution in [-0.4, -0.2) is 22.4 Å². The van der Waals surface area contributed by atoms with Gasteiger partial charge in [0.05, 0.1) is 5.56 Å². The number of nitrogens with zero attached hydrogens (tertiary/aromatic N) is 2. The Kier molecular flexibility index (Phi) is 6.04. The van der Waals surface area contributed by atoms with E-state index < -0.39 is 0 Å². The fourth-order valence-electron chi connectivity index (χ4n) is 2.70. The van der Waals surface area contributed by atoms with E-state index in [0.717, 1.165) is 33.8 Å². The number of rotatable bonds is 6. The first-order chi connectivity index (χ1) is 13.0. The minimum atomic E-state index is -0.229. The number of aromatic nitrogens is 2. The number of hydrogen-bond acceptors (Lipinski definition) is 4. The van der Waals surface area contributed by atoms with Gasteiger partial charge in [-0.2, -0.15) is 0 Å². The van der Waals surface area contributed by atoms with E-state index in [1.54, 1.807) is 0 Å². The highest BCUT2D eigenvalue weighted by atomic mass is 35.5. The third-order valence-electron chi connectivity index (χ3n) is 4.13. The average Bonchev–Trinajstić information content (AvgIpc) is 2.64. The molecular weight excluding hydrogens is 360 g/mol. The zero-order valence-corrected chi connectivity index (χ0v) is 16.0. The zero-order valence-electron chi connectivity index (χ0n) is 15.3. The number of amides is 1. The molecule has 2 aromatic carbocycles. The molecule has 0 spiro atoms. The minimum Gasteiger partial charge on any atom is -0.354 e. The van der Waals surface area contributed by atoms with Crippen molar-refractivity contribution in [3.05, 3.63) is 82.1 Å². The zero-order chi connectivity index (χ0) is 19.2. The summed E-state index contributed by atoms with van der Waals surface area (Å²) in [5.41, 5.74) is 4.51. The fraction of sp³-hybridized carbons (Fsp3) is 0.190. The summed E-state index contributed by atoms with van der Waals surface area (Å²) in [6, 6.07) is 13.6. The number of carbonyl (C=O) groups excluding carboxylic acids is 1. The second-order valence-electron chi connectivity index (χ2n) is 6.37. The topological polar surface area (TPSA) is 66.9 Å². The van der Waals surface area contributed by atoms with Crippen LogP contribution in [0.3, 0.4) is 0 Å². The molecule has 5 nitrogen and oxygen atoms in total. The van der Waals surface area contributed by atoms with E-state index >= 15 is 0 Å². The Bertz CT molecular complexity index is 941. The molecule has 1 aromatic heterocycles. The molecule has 0 aliphatic carbocycles. The number of anilines is 2. The van der Waals surface area contributed by atoms with Crippen molar-refractivity contribution in [2.24, 2.45) is 0 Å². The van der Waals surface area contributed by atoms with E-state index in [2.05, 4.69) is 20.6 Å². The molecule has 0 atom stereocenters. The molecule has 0 saturated heterocycles. The van der Waals surface area contributed by atoms with Crippen LogP contribution >= 0.6 is 11.6 Å². The third kappa shape index (κ3) is 5.28. The third-order valence-corrected chi connectivity index (χ3v) is 4.37. The van der Waals surface area contributed by atoms with Crippen LogP contribution < -0.4 is 10.6 Å². The van der Waals surface area contributed by atoms with Crippen molar-refractivity contribution < 1.29 is 4.79 Å². The summed E-state index contributed by atoms with van der Waals surface area (Å²) in [7, 11) is 0. The van der Waals surface area contributed by atoms with Crippen molar-refractivity contribution >= 4 is 29.1 Å². The molecule has 6 heteroatoms. The molecule has 0 bridgehead atoms. The number of nitrogens with one attached hydrogen (secondary N) is 2. The van der Waals surface area contributed by atoms with Gasteiger partial charge in [-0.05, 0) is 49.6 Å². The summed E-state index contributed by atoms with van der Waals surface area (Å²) < 4.78 is 0. The number of carbonyl (C=O) groups is 1. The van der Waals surface area contributed by atoms with Crippen molar-refractivity contribution in [1.82, 2.24) is 9.97 Å². The normalized spacial score (nSPS) is 10.5. The van der Waals surface area contributed by atoms with E-state index in [1.165, 1.54) is 12.4 Å². The van der Waals surface area contributed by atoms with E-state index in [1.807, 2.05) is 56.3 Å². The Hall–Kier alpha value is -2.92. The number of benzene rings is 2. The van der Waals surface area contributed by atoms with Gasteiger partial charge in [-0.15, -0.1) is 0 Å². The summed E-state index contributed by atoms with van der Waals surface area (Å²) in [5.74, 6) is 0.257. The molecule has 0 unspecified atom stereocenters. The molecule has 0 fully saturated rings. The van der Waals surface area contributed by atoms with Crippen molar-refractivity contribution in [3.8, 4) is 0 Å². The second kappa shape index (κ2) is 8.64. The van der Waals surface area contributed by atoms with Gasteiger partial charge < -0.3 is 10.6 Å². The van der Waals surface area contributed by atoms with Crippen LogP contribution in [0.2, 0.25) is 5.02 Å². The standard InChI is InChI=1S/C21H21ClN4O/c1-14-6-7-19(15(2)10-14)26-20(27)17-12-24-21(25-13-17)23-9-8-16-4-3-5-18(22)11-16/h3-7,10-13H,8-9H2,1-2H3,(H,26,27)(H,23,24,25). The Morgan fingerprint density at radius 3 is 2.56 bits per heavy atom. The maximum atomic E-state index is 12.4. The van der Waals surface area contributed by atoms with Gasteiger partial charge in [0, 0.05) is 29.6 Å². The van der Waals surface area contributed by atoms with Crippen LogP contribution in [0.15, 0.2) is 54.9 Å². The first-order valence-corrected chi connectivity index (χ1v) is 9.08. The molecule has 3 rings (SSSR count). The van der Waals surface area contributed by atoms with Gasteiger partial charge in [0.2, 0.25) is 5.95 Å². The Morgan fingerprint density at radius 1 is 1.07 bits per heavy atom. The molecule has 2 N–H and O–H groups in total. The maximum Gasteiger partial charge on any atom is 0.258 e. The van der Waals surface area contributed by atoms with Crippen LogP contribution in [0.25, 0.3) is 0 Å². The molecule has 0 saturated carbocycles. The molecule has 1 amide bonds. The van der Waals surface area contributed by atoms with E-state index in [0.29, 0.717) is 18.1 Å². The van der Waals surface area contributed by atoms with Gasteiger partial charge in [0.15, 0.2) is 0 Å². The monoisotopic (exact) mass is 380 g/mol. The summed E-state index contributed by atoms with van der Waals surface area (Å²) in [6.45, 7) is 4.66. The lowest BCUT2D eigenvalue weighted by Crippen LogP contribution is -2.14. The summed E-state index contributed by atoms with van der Waals surface area (Å²) in [4.78, 5) is 20.8. The average molecular weight is 381 g/mol. The molecule has 138 valence electrons. The number of halogens is 1. The van der Waals surface area contributed by atoms with Gasteiger partial charge in [0.25, 0.3) is 5.91 Å². The molecule has 27 heavy (non-hydrogen) atoms. The Balaban J connectivity index is 1.55. The van der Waals surface area contributed by atoms with Crippen molar-refractivity contribution in [2.45, 2.75) is 20.3 Å². The lowest BCUT2D eigenvalue weighted by atomic mass is 10.1. The van der Waals surface area contributed by atoms with Crippen LogP contribution in [0.5, 0.6) is 0 Å². The van der Waals surface area contributed by atoms with Crippen LogP contribution in [0.4, 0.5) is 11.6 Å². The quantitative estimate of drug-likeness (QED) is 0.653. The predicted molar refractivity (Wildman–Crippen MR) is 110 cm³/mol. The number of hydrogen-bond donors (Lipinski definition) is 2. The molecule has 3 aromatic rings. The smallest absolute Gasteiger partial charge is 0.258 e. The molecule has 0 radical (unpaired) electrons. The Morgan fingerprint density at radius 2 is 1.85 bits per heavy atom. The lowest BCUT2D eigenvalue weighted by molar-refractivity contribution is 0.102. The minimum absolute atomic E-state index is 0.229. The van der Waals surface area contributed by atoms with Gasteiger partial charge >= 0.3 is 0 Å². The number of aryl methyl sites for hydroxylation is 2. The molecular formula is C21H21ClN4O. The summed E-state index contributed by atoms with van der Waals surface area (Å²) in [5, 5.41) is 6.76. The molecule has 0 aliphatic heterocycles. The van der Waals surface area contributed by atoms with Gasteiger partial charge in [0.1, 0.15) is 0 Å². The summed E-state index contributed by atoms with van der Waals surface area (Å²) in [6.07, 6.45) is 3.85. The fourth-order valence-corrected chi connectivity index (χ4v) is 2.91. The summed E-state index contributed by atoms with van der Waals surface area (Å²) >= 11 is 5.98. The van der Waals surface area contributed by atoms with Crippen LogP contribution in [0.1, 0.15) is 27.0 Å². The predicted octanol–water partition coefficient (Wildman–Crippen LogP) is 4.65. The lowest BCUT2D eigenvalue weighted by Gasteiger charge is -2.09. The maximum absolute atomic E-state index is 12.4. The first kappa shape index (κ1) is 18.9. The Labute approximate surface area is 163 Å². The van der Waals surface area contributed by atoms with Crippen molar-refractivity contribution in [2.75, 3.05) is 17.2 Å². The second-order valence-corrected chi connectivity index (χ2v) is 6.81. The highest BCUT2D eigenvalue weighted by molar-refractivity contribution is 6.30. The van der Waals surface area contributed by atoms with Crippen molar-refractivity contribution in [1.29, 1.82) is 0 Å². The van der Waals surface area contributed by atoms with Gasteiger partial charge in [-0.25, -0.2) is 9.97 Å². The van der Waals surface area contributed by atoms with Gasteiger partial charge in [-0.1, -0.05) is 41.4 Å². The molecule has 1 heterocycles. The molecule has 0 aliphatic rings. The van der Waals surface area contributed by atoms with Crippen molar-refractivity contribution in [3.63, 3.8) is 0 Å². The highest BCUT2D eigenvalue weighted by Crippen LogP contribution is 2.17. The van der Waals surface area contributed by atoms with E-state index in [4.69, 9.17) is 11.6 Å². The SMILES string of the molecule is Cc1ccc(NC(=O)c2cnc(NCCc3cccc(Cl)c3)nc2)c(C)c1. The van der Waals surface area contributed by atoms with E-state index in [9.17, 15) is 4.79 Å². The largest absolute Gasteiger partial charge is 0.354 e. The van der Waals surface area contributed by atoms with Gasteiger partial charge in [-0.3, -0.25) is 4.79 Å². The highest BCUT2D eigenvalue weighted by Gasteiger charge is 2.09.